The van der Waals surface area contributed by atoms with E-state index in [0.29, 0.717) is 57.2 Å². The number of ether oxygens (including phenoxy) is 1. The first-order valence-corrected chi connectivity index (χ1v) is 11.8. The van der Waals surface area contributed by atoms with Crippen molar-refractivity contribution in [2.45, 2.75) is 43.8 Å². The first kappa shape index (κ1) is 23.0. The standard InChI is InChI=1S/C22H21Cl2FN4O2S/c1-13(2)31-9-3-8-28-20(30)17-10-15(23)5-7-19(17)29-21(28)26-27-22(29)32-12-14-4-6-16(25)11-18(14)24/h4-7,10-11,13H,3,8-9,12H2,1-2H3. The van der Waals surface area contributed by atoms with Crippen molar-refractivity contribution in [2.24, 2.45) is 0 Å². The van der Waals surface area contributed by atoms with Gasteiger partial charge in [-0.3, -0.25) is 13.8 Å². The van der Waals surface area contributed by atoms with Crippen LogP contribution in [-0.2, 0) is 17.0 Å². The Morgan fingerprint density at radius 1 is 1.16 bits per heavy atom. The molecular formula is C22H21Cl2FN4O2S. The number of hydrogen-bond acceptors (Lipinski definition) is 5. The van der Waals surface area contributed by atoms with Gasteiger partial charge in [0.1, 0.15) is 5.82 Å². The molecule has 0 N–H and O–H groups in total. The Morgan fingerprint density at radius 2 is 1.97 bits per heavy atom. The summed E-state index contributed by atoms with van der Waals surface area (Å²) < 4.78 is 22.4. The van der Waals surface area contributed by atoms with E-state index in [1.54, 1.807) is 28.8 Å². The molecule has 10 heteroatoms. The Labute approximate surface area is 198 Å². The van der Waals surface area contributed by atoms with Gasteiger partial charge >= 0.3 is 0 Å². The highest BCUT2D eigenvalue weighted by atomic mass is 35.5. The number of rotatable bonds is 8. The summed E-state index contributed by atoms with van der Waals surface area (Å²) in [5, 5.41) is 10.5. The number of fused-ring (bicyclic) bond motifs is 3. The minimum Gasteiger partial charge on any atom is -0.379 e. The molecule has 0 spiro atoms. The van der Waals surface area contributed by atoms with Crippen molar-refractivity contribution >= 4 is 51.6 Å². The van der Waals surface area contributed by atoms with Gasteiger partial charge in [-0.05, 0) is 56.2 Å². The summed E-state index contributed by atoms with van der Waals surface area (Å²) in [6, 6.07) is 9.48. The fraction of sp³-hybridized carbons (Fsp3) is 0.318. The Bertz CT molecular complexity index is 1340. The average molecular weight is 495 g/mol. The highest BCUT2D eigenvalue weighted by Crippen LogP contribution is 2.28. The first-order valence-electron chi connectivity index (χ1n) is 10.1. The molecule has 0 atom stereocenters. The van der Waals surface area contributed by atoms with Crippen molar-refractivity contribution < 1.29 is 9.13 Å². The molecule has 2 heterocycles. The summed E-state index contributed by atoms with van der Waals surface area (Å²) in [6.07, 6.45) is 0.775. The van der Waals surface area contributed by atoms with Gasteiger partial charge in [-0.1, -0.05) is 41.0 Å². The van der Waals surface area contributed by atoms with Gasteiger partial charge in [0.2, 0.25) is 5.78 Å². The number of benzene rings is 2. The summed E-state index contributed by atoms with van der Waals surface area (Å²) in [5.41, 5.74) is 1.27. The van der Waals surface area contributed by atoms with E-state index in [9.17, 15) is 9.18 Å². The molecule has 0 saturated carbocycles. The van der Waals surface area contributed by atoms with E-state index in [-0.39, 0.29) is 17.5 Å². The minimum absolute atomic E-state index is 0.122. The quantitative estimate of drug-likeness (QED) is 0.235. The average Bonchev–Trinajstić information content (AvgIpc) is 3.16. The van der Waals surface area contributed by atoms with Crippen molar-refractivity contribution in [3.05, 3.63) is 68.2 Å². The van der Waals surface area contributed by atoms with Crippen LogP contribution < -0.4 is 5.56 Å². The van der Waals surface area contributed by atoms with Crippen molar-refractivity contribution in [2.75, 3.05) is 6.61 Å². The molecule has 2 aromatic heterocycles. The topological polar surface area (TPSA) is 61.4 Å². The molecule has 0 fully saturated rings. The highest BCUT2D eigenvalue weighted by molar-refractivity contribution is 7.98. The van der Waals surface area contributed by atoms with E-state index in [1.165, 1.54) is 23.9 Å². The summed E-state index contributed by atoms with van der Waals surface area (Å²) >= 11 is 13.8. The molecule has 2 aromatic carbocycles. The predicted octanol–water partition coefficient (Wildman–Crippen LogP) is 5.60. The van der Waals surface area contributed by atoms with Crippen LogP contribution in [0.25, 0.3) is 16.7 Å². The van der Waals surface area contributed by atoms with Gasteiger partial charge in [0.25, 0.3) is 5.56 Å². The molecule has 0 radical (unpaired) electrons. The van der Waals surface area contributed by atoms with Crippen molar-refractivity contribution in [3.63, 3.8) is 0 Å². The maximum Gasteiger partial charge on any atom is 0.262 e. The van der Waals surface area contributed by atoms with Crippen molar-refractivity contribution in [1.82, 2.24) is 19.2 Å². The van der Waals surface area contributed by atoms with Gasteiger partial charge in [0.05, 0.1) is 17.0 Å². The summed E-state index contributed by atoms with van der Waals surface area (Å²) in [4.78, 5) is 13.2. The highest BCUT2D eigenvalue weighted by Gasteiger charge is 2.18. The van der Waals surface area contributed by atoms with E-state index in [2.05, 4.69) is 10.2 Å². The third kappa shape index (κ3) is 4.78. The molecule has 4 rings (SSSR count). The van der Waals surface area contributed by atoms with E-state index >= 15 is 0 Å². The van der Waals surface area contributed by atoms with E-state index in [1.807, 2.05) is 18.2 Å². The number of hydrogen-bond donors (Lipinski definition) is 0. The zero-order valence-electron chi connectivity index (χ0n) is 17.5. The molecule has 0 saturated heterocycles. The number of halogens is 3. The normalized spacial score (nSPS) is 11.8. The number of aryl methyl sites for hydroxylation is 1. The van der Waals surface area contributed by atoms with Crippen molar-refractivity contribution in [3.8, 4) is 0 Å². The van der Waals surface area contributed by atoms with Gasteiger partial charge in [0, 0.05) is 28.9 Å². The number of aromatic nitrogens is 4. The Kier molecular flexibility index (Phi) is 7.05. The van der Waals surface area contributed by atoms with Crippen molar-refractivity contribution in [1.29, 1.82) is 0 Å². The molecule has 4 aromatic rings. The molecule has 0 aliphatic heterocycles. The molecule has 0 bridgehead atoms. The van der Waals surface area contributed by atoms with E-state index in [0.717, 1.165) is 5.56 Å². The summed E-state index contributed by atoms with van der Waals surface area (Å²) in [5.74, 6) is 0.531. The zero-order chi connectivity index (χ0) is 22.8. The molecule has 0 aliphatic rings. The van der Waals surface area contributed by atoms with Crippen LogP contribution in [0.15, 0.2) is 46.3 Å². The number of nitrogens with zero attached hydrogens (tertiary/aromatic N) is 4. The monoisotopic (exact) mass is 494 g/mol. The molecule has 0 amide bonds. The van der Waals surface area contributed by atoms with Crippen LogP contribution in [0.1, 0.15) is 25.8 Å². The largest absolute Gasteiger partial charge is 0.379 e. The number of thioether (sulfide) groups is 1. The zero-order valence-corrected chi connectivity index (χ0v) is 19.8. The Hall–Kier alpha value is -2.13. The Morgan fingerprint density at radius 3 is 2.72 bits per heavy atom. The van der Waals surface area contributed by atoms with Gasteiger partial charge in [0.15, 0.2) is 5.16 Å². The smallest absolute Gasteiger partial charge is 0.262 e. The summed E-state index contributed by atoms with van der Waals surface area (Å²) in [7, 11) is 0. The van der Waals surface area contributed by atoms with Gasteiger partial charge in [-0.25, -0.2) is 4.39 Å². The van der Waals surface area contributed by atoms with Crippen LogP contribution in [0.5, 0.6) is 0 Å². The fourth-order valence-corrected chi connectivity index (χ4v) is 4.81. The van der Waals surface area contributed by atoms with E-state index in [4.69, 9.17) is 27.9 Å². The second kappa shape index (κ2) is 9.79. The fourth-order valence-electron chi connectivity index (χ4n) is 3.38. The van der Waals surface area contributed by atoms with Crippen LogP contribution >= 0.6 is 35.0 Å². The van der Waals surface area contributed by atoms with Gasteiger partial charge < -0.3 is 4.74 Å². The lowest BCUT2D eigenvalue weighted by atomic mass is 10.2. The molecular weight excluding hydrogens is 474 g/mol. The predicted molar refractivity (Wildman–Crippen MR) is 126 cm³/mol. The maximum atomic E-state index is 13.4. The van der Waals surface area contributed by atoms with Gasteiger partial charge in [-0.2, -0.15) is 0 Å². The SMILES string of the molecule is CC(C)OCCCn1c(=O)c2cc(Cl)ccc2n2c(SCc3ccc(F)cc3Cl)nnc12. The van der Waals surface area contributed by atoms with Gasteiger partial charge in [-0.15, -0.1) is 10.2 Å². The maximum absolute atomic E-state index is 13.4. The Balaban J connectivity index is 1.74. The van der Waals surface area contributed by atoms with Crippen LogP contribution in [-0.4, -0.2) is 31.9 Å². The lowest BCUT2D eigenvalue weighted by molar-refractivity contribution is 0.0748. The molecule has 32 heavy (non-hydrogen) atoms. The third-order valence-electron chi connectivity index (χ3n) is 4.88. The molecule has 168 valence electrons. The lowest BCUT2D eigenvalue weighted by Gasteiger charge is -2.12. The second-order valence-corrected chi connectivity index (χ2v) is 9.32. The third-order valence-corrected chi connectivity index (χ3v) is 6.45. The molecule has 6 nitrogen and oxygen atoms in total. The van der Waals surface area contributed by atoms with Crippen LogP contribution in [0, 0.1) is 5.82 Å². The molecule has 0 unspecified atom stereocenters. The minimum atomic E-state index is -0.384. The lowest BCUT2D eigenvalue weighted by Crippen LogP contribution is -2.24. The molecule has 0 aliphatic carbocycles. The van der Waals surface area contributed by atoms with E-state index < -0.39 is 0 Å². The summed E-state index contributed by atoms with van der Waals surface area (Å²) in [6.45, 7) is 4.91. The van der Waals surface area contributed by atoms with Crippen LogP contribution in [0.2, 0.25) is 10.0 Å². The second-order valence-electron chi connectivity index (χ2n) is 7.53. The van der Waals surface area contributed by atoms with Crippen LogP contribution in [0.3, 0.4) is 0 Å². The van der Waals surface area contributed by atoms with Crippen LogP contribution in [0.4, 0.5) is 4.39 Å². The first-order chi connectivity index (χ1) is 15.3.